The van der Waals surface area contributed by atoms with Crippen molar-refractivity contribution in [1.29, 1.82) is 0 Å². The summed E-state index contributed by atoms with van der Waals surface area (Å²) in [6.45, 7) is -0.0951. The molecule has 1 amide bonds. The zero-order chi connectivity index (χ0) is 20.0. The molecule has 0 aliphatic heterocycles. The first-order chi connectivity index (χ1) is 13.4. The van der Waals surface area contributed by atoms with Gasteiger partial charge in [0.05, 0.1) is 23.0 Å². The van der Waals surface area contributed by atoms with E-state index >= 15 is 0 Å². The molecule has 28 heavy (non-hydrogen) atoms. The Bertz CT molecular complexity index is 1130. The van der Waals surface area contributed by atoms with E-state index in [4.69, 9.17) is 0 Å². The standard InChI is InChI=1S/C19H20N4O4S/c24-18(13-23-14-21-17-9-5-4-8-16(17)19(23)25)20-10-11-28(26,27)22-12-15-6-2-1-3-7-15/h1-9,14,22H,10-13H2,(H,20,24). The fourth-order valence-electron chi connectivity index (χ4n) is 2.62. The summed E-state index contributed by atoms with van der Waals surface area (Å²) in [7, 11) is -3.53. The van der Waals surface area contributed by atoms with Crippen molar-refractivity contribution in [3.63, 3.8) is 0 Å². The second-order valence-electron chi connectivity index (χ2n) is 6.17. The number of aromatic nitrogens is 2. The lowest BCUT2D eigenvalue weighted by atomic mass is 10.2. The molecule has 2 aromatic carbocycles. The molecule has 0 atom stereocenters. The molecule has 3 aromatic rings. The number of benzene rings is 2. The first kappa shape index (κ1) is 19.7. The first-order valence-electron chi connectivity index (χ1n) is 8.67. The van der Waals surface area contributed by atoms with E-state index in [0.29, 0.717) is 10.9 Å². The van der Waals surface area contributed by atoms with Gasteiger partial charge in [-0.3, -0.25) is 14.2 Å². The summed E-state index contributed by atoms with van der Waals surface area (Å²) in [6.07, 6.45) is 1.31. The molecule has 1 heterocycles. The Morgan fingerprint density at radius 2 is 1.75 bits per heavy atom. The molecule has 0 aliphatic rings. The van der Waals surface area contributed by atoms with Crippen LogP contribution in [0.1, 0.15) is 5.56 Å². The minimum atomic E-state index is -3.53. The molecule has 0 fully saturated rings. The molecule has 146 valence electrons. The van der Waals surface area contributed by atoms with Gasteiger partial charge in [0, 0.05) is 13.1 Å². The average Bonchev–Trinajstić information content (AvgIpc) is 2.69. The third-order valence-corrected chi connectivity index (χ3v) is 5.40. The minimum Gasteiger partial charge on any atom is -0.353 e. The van der Waals surface area contributed by atoms with Gasteiger partial charge >= 0.3 is 0 Å². The smallest absolute Gasteiger partial charge is 0.261 e. The summed E-state index contributed by atoms with van der Waals surface area (Å²) in [5.74, 6) is -0.714. The number of nitrogens with one attached hydrogen (secondary N) is 2. The SMILES string of the molecule is O=C(Cn1cnc2ccccc2c1=O)NCCS(=O)(=O)NCc1ccccc1. The number of fused-ring (bicyclic) bond motifs is 1. The summed E-state index contributed by atoms with van der Waals surface area (Å²) in [6, 6.07) is 16.0. The molecular formula is C19H20N4O4S. The molecule has 1 aromatic heterocycles. The van der Waals surface area contributed by atoms with Crippen molar-refractivity contribution in [1.82, 2.24) is 19.6 Å². The largest absolute Gasteiger partial charge is 0.353 e. The lowest BCUT2D eigenvalue weighted by Crippen LogP contribution is -2.37. The van der Waals surface area contributed by atoms with Crippen LogP contribution >= 0.6 is 0 Å². The second-order valence-corrected chi connectivity index (χ2v) is 8.10. The van der Waals surface area contributed by atoms with Gasteiger partial charge in [-0.1, -0.05) is 42.5 Å². The van der Waals surface area contributed by atoms with Crippen molar-refractivity contribution < 1.29 is 13.2 Å². The number of hydrogen-bond donors (Lipinski definition) is 2. The Morgan fingerprint density at radius 1 is 1.04 bits per heavy atom. The quantitative estimate of drug-likeness (QED) is 0.576. The number of hydrogen-bond acceptors (Lipinski definition) is 5. The van der Waals surface area contributed by atoms with Crippen LogP contribution in [-0.4, -0.2) is 36.2 Å². The summed E-state index contributed by atoms with van der Waals surface area (Å²) >= 11 is 0. The van der Waals surface area contributed by atoms with Gasteiger partial charge in [-0.05, 0) is 17.7 Å². The molecular weight excluding hydrogens is 380 g/mol. The van der Waals surface area contributed by atoms with Crippen molar-refractivity contribution in [2.75, 3.05) is 12.3 Å². The zero-order valence-corrected chi connectivity index (χ0v) is 15.9. The molecule has 0 unspecified atom stereocenters. The van der Waals surface area contributed by atoms with Gasteiger partial charge in [-0.15, -0.1) is 0 Å². The van der Waals surface area contributed by atoms with Crippen LogP contribution in [0.4, 0.5) is 0 Å². The molecule has 2 N–H and O–H groups in total. The topological polar surface area (TPSA) is 110 Å². The Kier molecular flexibility index (Phi) is 6.17. The van der Waals surface area contributed by atoms with E-state index in [2.05, 4.69) is 15.0 Å². The lowest BCUT2D eigenvalue weighted by Gasteiger charge is -2.09. The van der Waals surface area contributed by atoms with Crippen LogP contribution in [0.25, 0.3) is 10.9 Å². The third-order valence-electron chi connectivity index (χ3n) is 4.08. The lowest BCUT2D eigenvalue weighted by molar-refractivity contribution is -0.121. The Hall–Kier alpha value is -3.04. The highest BCUT2D eigenvalue weighted by atomic mass is 32.2. The number of rotatable bonds is 8. The predicted molar refractivity (Wildman–Crippen MR) is 106 cm³/mol. The molecule has 0 saturated heterocycles. The molecule has 0 aliphatic carbocycles. The molecule has 0 saturated carbocycles. The van der Waals surface area contributed by atoms with Crippen LogP contribution < -0.4 is 15.6 Å². The van der Waals surface area contributed by atoms with E-state index in [0.717, 1.165) is 5.56 Å². The van der Waals surface area contributed by atoms with Gasteiger partial charge < -0.3 is 5.32 Å². The fourth-order valence-corrected chi connectivity index (χ4v) is 3.52. The van der Waals surface area contributed by atoms with E-state index in [1.165, 1.54) is 10.9 Å². The Morgan fingerprint density at radius 3 is 2.54 bits per heavy atom. The normalized spacial score (nSPS) is 11.4. The van der Waals surface area contributed by atoms with Gasteiger partial charge in [0.25, 0.3) is 5.56 Å². The van der Waals surface area contributed by atoms with E-state index in [1.807, 2.05) is 30.3 Å². The maximum Gasteiger partial charge on any atom is 0.261 e. The highest BCUT2D eigenvalue weighted by molar-refractivity contribution is 7.89. The summed E-state index contributed by atoms with van der Waals surface area (Å²) in [4.78, 5) is 28.6. The van der Waals surface area contributed by atoms with Crippen molar-refractivity contribution in [2.45, 2.75) is 13.1 Å². The summed E-state index contributed by atoms with van der Waals surface area (Å²) in [5.41, 5.74) is 1.08. The second kappa shape index (κ2) is 8.77. The van der Waals surface area contributed by atoms with Gasteiger partial charge in [-0.2, -0.15) is 0 Å². The van der Waals surface area contributed by atoms with E-state index in [1.54, 1.807) is 24.3 Å². The summed E-state index contributed by atoms with van der Waals surface area (Å²) in [5, 5.41) is 2.94. The number of carbonyl (C=O) groups is 1. The van der Waals surface area contributed by atoms with Gasteiger partial charge in [0.15, 0.2) is 0 Å². The molecule has 9 heteroatoms. The number of amides is 1. The number of sulfonamides is 1. The van der Waals surface area contributed by atoms with E-state index in [-0.39, 0.29) is 30.9 Å². The van der Waals surface area contributed by atoms with Crippen molar-refractivity contribution in [3.8, 4) is 0 Å². The van der Waals surface area contributed by atoms with Crippen LogP contribution in [0.2, 0.25) is 0 Å². The van der Waals surface area contributed by atoms with Gasteiger partial charge in [0.1, 0.15) is 6.54 Å². The van der Waals surface area contributed by atoms with Crippen LogP contribution in [-0.2, 0) is 27.9 Å². The predicted octanol–water partition coefficient (Wildman–Crippen LogP) is 0.632. The molecule has 8 nitrogen and oxygen atoms in total. The maximum atomic E-state index is 12.4. The maximum absolute atomic E-state index is 12.4. The van der Waals surface area contributed by atoms with Crippen molar-refractivity contribution >= 4 is 26.8 Å². The summed E-state index contributed by atoms with van der Waals surface area (Å²) < 4.78 is 27.7. The van der Waals surface area contributed by atoms with Crippen LogP contribution in [0.5, 0.6) is 0 Å². The van der Waals surface area contributed by atoms with Gasteiger partial charge in [0.2, 0.25) is 15.9 Å². The first-order valence-corrected chi connectivity index (χ1v) is 10.3. The van der Waals surface area contributed by atoms with E-state index in [9.17, 15) is 18.0 Å². The average molecular weight is 400 g/mol. The highest BCUT2D eigenvalue weighted by Crippen LogP contribution is 2.04. The van der Waals surface area contributed by atoms with Crippen molar-refractivity contribution in [2.24, 2.45) is 0 Å². The van der Waals surface area contributed by atoms with E-state index < -0.39 is 15.9 Å². The van der Waals surface area contributed by atoms with Crippen LogP contribution in [0.3, 0.4) is 0 Å². The van der Waals surface area contributed by atoms with Crippen LogP contribution in [0.15, 0.2) is 65.7 Å². The third kappa shape index (κ3) is 5.24. The monoisotopic (exact) mass is 400 g/mol. The number of nitrogens with zero attached hydrogens (tertiary/aromatic N) is 2. The van der Waals surface area contributed by atoms with Gasteiger partial charge in [-0.25, -0.2) is 18.1 Å². The Balaban J connectivity index is 1.50. The molecule has 0 spiro atoms. The fraction of sp³-hybridized carbons (Fsp3) is 0.211. The zero-order valence-electron chi connectivity index (χ0n) is 15.0. The minimum absolute atomic E-state index is 0.0568. The number of carbonyl (C=O) groups excluding carboxylic acids is 1. The van der Waals surface area contributed by atoms with Crippen LogP contribution in [0, 0.1) is 0 Å². The molecule has 3 rings (SSSR count). The molecule has 0 bridgehead atoms. The Labute approximate surface area is 162 Å². The van der Waals surface area contributed by atoms with Crippen molar-refractivity contribution in [3.05, 3.63) is 76.8 Å². The molecule has 0 radical (unpaired) electrons. The highest BCUT2D eigenvalue weighted by Gasteiger charge is 2.12. The number of para-hydroxylation sites is 1.